The van der Waals surface area contributed by atoms with Crippen molar-refractivity contribution >= 4 is 21.2 Å². The van der Waals surface area contributed by atoms with Crippen LogP contribution in [0.5, 0.6) is 0 Å². The fourth-order valence-electron chi connectivity index (χ4n) is 3.24. The molecule has 0 radical (unpaired) electrons. The van der Waals surface area contributed by atoms with Gasteiger partial charge in [-0.25, -0.2) is 9.55 Å². The van der Waals surface area contributed by atoms with Gasteiger partial charge < -0.3 is 4.74 Å². The standard InChI is InChI=1S/C17H23F3N2O4S/c1-4-26-11(2)15-13(17(18,19)20)7-8-14-16(15)21-12(3)22(14)9-5-6-10-27(23,24)25/h7-8,11H,4-6,9-10H2,1-3H3,(H,23,24,25)/p+1. The molecule has 1 heterocycles. The van der Waals surface area contributed by atoms with Gasteiger partial charge >= 0.3 is 6.18 Å². The second-order valence-corrected chi connectivity index (χ2v) is 7.94. The third-order valence-corrected chi connectivity index (χ3v) is 5.19. The maximum absolute atomic E-state index is 13.5. The first-order chi connectivity index (χ1) is 12.5. The summed E-state index contributed by atoms with van der Waals surface area (Å²) in [5.74, 6) is 0.306. The lowest BCUT2D eigenvalue weighted by Crippen LogP contribution is -2.36. The van der Waals surface area contributed by atoms with E-state index >= 15 is 0 Å². The van der Waals surface area contributed by atoms with E-state index in [9.17, 15) is 21.6 Å². The van der Waals surface area contributed by atoms with E-state index < -0.39 is 28.0 Å². The predicted octanol–water partition coefficient (Wildman–Crippen LogP) is 3.55. The van der Waals surface area contributed by atoms with Gasteiger partial charge in [-0.3, -0.25) is 4.55 Å². The number of benzene rings is 1. The first kappa shape index (κ1) is 21.6. The van der Waals surface area contributed by atoms with Crippen LogP contribution in [0.2, 0.25) is 0 Å². The number of aromatic amines is 1. The van der Waals surface area contributed by atoms with Gasteiger partial charge in [-0.2, -0.15) is 21.6 Å². The normalized spacial score (nSPS) is 14.0. The molecule has 0 aliphatic rings. The largest absolute Gasteiger partial charge is 0.416 e. The van der Waals surface area contributed by atoms with Crippen LogP contribution in [0.15, 0.2) is 12.1 Å². The number of aryl methyl sites for hydroxylation is 2. The number of nitrogens with one attached hydrogen (secondary N) is 1. The van der Waals surface area contributed by atoms with Crippen LogP contribution in [-0.2, 0) is 27.6 Å². The highest BCUT2D eigenvalue weighted by molar-refractivity contribution is 7.85. The van der Waals surface area contributed by atoms with Gasteiger partial charge in [-0.05, 0) is 38.8 Å². The van der Waals surface area contributed by atoms with Gasteiger partial charge in [-0.1, -0.05) is 0 Å². The Morgan fingerprint density at radius 1 is 1.30 bits per heavy atom. The SMILES string of the molecule is CCOC(C)c1c(C(F)(F)F)ccc2c1[nH]c(C)[n+]2CCCCS(=O)(=O)O. The van der Waals surface area contributed by atoms with Gasteiger partial charge in [0.15, 0.2) is 11.0 Å². The fraction of sp³-hybridized carbons (Fsp3) is 0.588. The summed E-state index contributed by atoms with van der Waals surface area (Å²) in [4.78, 5) is 3.02. The van der Waals surface area contributed by atoms with Crippen molar-refractivity contribution in [3.63, 3.8) is 0 Å². The zero-order valence-electron chi connectivity index (χ0n) is 15.4. The van der Waals surface area contributed by atoms with E-state index in [0.717, 1.165) is 6.07 Å². The molecule has 27 heavy (non-hydrogen) atoms. The molecule has 1 aromatic heterocycles. The molecule has 0 spiro atoms. The van der Waals surface area contributed by atoms with Crippen molar-refractivity contribution in [3.8, 4) is 0 Å². The number of imidazole rings is 1. The zero-order chi connectivity index (χ0) is 20.4. The summed E-state index contributed by atoms with van der Waals surface area (Å²) >= 11 is 0. The van der Waals surface area contributed by atoms with Crippen molar-refractivity contribution in [1.29, 1.82) is 0 Å². The number of ether oxygens (including phenoxy) is 1. The van der Waals surface area contributed by atoms with Crippen molar-refractivity contribution < 1.29 is 35.4 Å². The van der Waals surface area contributed by atoms with Gasteiger partial charge in [-0.15, -0.1) is 0 Å². The number of hydrogen-bond acceptors (Lipinski definition) is 3. The lowest BCUT2D eigenvalue weighted by atomic mass is 10.0. The molecule has 0 fully saturated rings. The average molecular weight is 409 g/mol. The number of fused-ring (bicyclic) bond motifs is 1. The number of alkyl halides is 3. The number of rotatable bonds is 8. The van der Waals surface area contributed by atoms with Gasteiger partial charge in [0.05, 0.1) is 24.0 Å². The Morgan fingerprint density at radius 3 is 2.52 bits per heavy atom. The number of unbranched alkanes of at least 4 members (excludes halogenated alkanes) is 1. The minimum atomic E-state index is -4.51. The van der Waals surface area contributed by atoms with Crippen LogP contribution in [0.1, 0.15) is 49.7 Å². The number of halogens is 3. The lowest BCUT2D eigenvalue weighted by molar-refractivity contribution is -0.677. The Hall–Kier alpha value is -1.65. The summed E-state index contributed by atoms with van der Waals surface area (Å²) in [7, 11) is -4.02. The molecule has 0 saturated heterocycles. The quantitative estimate of drug-likeness (QED) is 0.397. The van der Waals surface area contributed by atoms with Crippen molar-refractivity contribution in [3.05, 3.63) is 29.1 Å². The Morgan fingerprint density at radius 2 is 1.96 bits per heavy atom. The first-order valence-corrected chi connectivity index (χ1v) is 10.3. The third kappa shape index (κ3) is 5.20. The Balaban J connectivity index is 2.45. The first-order valence-electron chi connectivity index (χ1n) is 8.64. The van der Waals surface area contributed by atoms with Crippen molar-refractivity contribution in [2.24, 2.45) is 0 Å². The summed E-state index contributed by atoms with van der Waals surface area (Å²) in [5, 5.41) is 0. The van der Waals surface area contributed by atoms with Gasteiger partial charge in [0.1, 0.15) is 0 Å². The highest BCUT2D eigenvalue weighted by Gasteiger charge is 2.38. The average Bonchev–Trinajstić information content (AvgIpc) is 2.84. The Labute approximate surface area is 156 Å². The maximum Gasteiger partial charge on any atom is 0.416 e. The fourth-order valence-corrected chi connectivity index (χ4v) is 3.81. The minimum Gasteiger partial charge on any atom is -0.374 e. The van der Waals surface area contributed by atoms with E-state index in [1.807, 2.05) is 4.57 Å². The molecule has 2 rings (SSSR count). The van der Waals surface area contributed by atoms with Gasteiger partial charge in [0, 0.05) is 19.1 Å². The predicted molar refractivity (Wildman–Crippen MR) is 93.9 cm³/mol. The monoisotopic (exact) mass is 409 g/mol. The Bertz CT molecular complexity index is 907. The highest BCUT2D eigenvalue weighted by Crippen LogP contribution is 2.38. The van der Waals surface area contributed by atoms with E-state index in [-0.39, 0.29) is 24.3 Å². The number of H-pyrrole nitrogens is 1. The molecule has 1 aromatic carbocycles. The molecule has 1 atom stereocenters. The van der Waals surface area contributed by atoms with Crippen molar-refractivity contribution in [2.75, 3.05) is 12.4 Å². The summed E-state index contributed by atoms with van der Waals surface area (Å²) in [5.41, 5.74) is 0.268. The topological polar surface area (TPSA) is 83.3 Å². The molecule has 2 aromatic rings. The van der Waals surface area contributed by atoms with Crippen molar-refractivity contribution in [2.45, 2.75) is 52.4 Å². The molecule has 0 aliphatic carbocycles. The molecular formula is C17H24F3N2O4S+. The lowest BCUT2D eigenvalue weighted by Gasteiger charge is -2.17. The number of aromatic nitrogens is 2. The van der Waals surface area contributed by atoms with Gasteiger partial charge in [0.25, 0.3) is 15.9 Å². The number of hydrogen-bond donors (Lipinski definition) is 2. The van der Waals surface area contributed by atoms with E-state index in [0.29, 0.717) is 29.8 Å². The summed E-state index contributed by atoms with van der Waals surface area (Å²) in [6, 6.07) is 2.46. The van der Waals surface area contributed by atoms with Crippen LogP contribution in [0.25, 0.3) is 11.0 Å². The van der Waals surface area contributed by atoms with Crippen LogP contribution in [-0.4, -0.2) is 30.3 Å². The van der Waals surface area contributed by atoms with Crippen LogP contribution in [0.4, 0.5) is 13.2 Å². The van der Waals surface area contributed by atoms with Gasteiger partial charge in [0.2, 0.25) is 0 Å². The molecule has 0 saturated carbocycles. The van der Waals surface area contributed by atoms with Crippen molar-refractivity contribution in [1.82, 2.24) is 4.98 Å². The number of nitrogens with zero attached hydrogens (tertiary/aromatic N) is 1. The van der Waals surface area contributed by atoms with Crippen LogP contribution >= 0.6 is 0 Å². The summed E-state index contributed by atoms with van der Waals surface area (Å²) < 4.78 is 78.1. The molecule has 0 aliphatic heterocycles. The molecule has 2 N–H and O–H groups in total. The summed E-state index contributed by atoms with van der Waals surface area (Å²) in [6.45, 7) is 5.74. The van der Waals surface area contributed by atoms with E-state index in [1.165, 1.54) is 6.07 Å². The molecule has 1 unspecified atom stereocenters. The molecular weight excluding hydrogens is 385 g/mol. The molecule has 0 bridgehead atoms. The zero-order valence-corrected chi connectivity index (χ0v) is 16.2. The molecule has 6 nitrogen and oxygen atoms in total. The van der Waals surface area contributed by atoms with E-state index in [1.54, 1.807) is 20.8 Å². The smallest absolute Gasteiger partial charge is 0.374 e. The molecule has 152 valence electrons. The summed E-state index contributed by atoms with van der Waals surface area (Å²) in [6.07, 6.45) is -4.55. The minimum absolute atomic E-state index is 0.0571. The van der Waals surface area contributed by atoms with Crippen LogP contribution < -0.4 is 4.57 Å². The maximum atomic E-state index is 13.5. The second-order valence-electron chi connectivity index (χ2n) is 6.37. The second kappa shape index (κ2) is 8.15. The third-order valence-electron chi connectivity index (χ3n) is 4.39. The Kier molecular flexibility index (Phi) is 6.54. The molecule has 10 heteroatoms. The van der Waals surface area contributed by atoms with E-state index in [2.05, 4.69) is 4.98 Å². The highest BCUT2D eigenvalue weighted by atomic mass is 32.2. The molecule has 0 amide bonds. The van der Waals surface area contributed by atoms with E-state index in [4.69, 9.17) is 9.29 Å². The van der Waals surface area contributed by atoms with Crippen LogP contribution in [0, 0.1) is 6.92 Å². The van der Waals surface area contributed by atoms with Crippen LogP contribution in [0.3, 0.4) is 0 Å².